The molecule has 0 fully saturated rings. The van der Waals surface area contributed by atoms with E-state index in [1.807, 2.05) is 6.07 Å². The molecule has 60 valence electrons. The fraction of sp³-hybridized carbons (Fsp3) is 0. The average Bonchev–Trinajstić information content (AvgIpc) is 2.75. The van der Waals surface area contributed by atoms with E-state index in [0.717, 1.165) is 6.29 Å². The maximum absolute atomic E-state index is 10.3. The number of thiazole rings is 1. The molecule has 0 atom stereocenters. The van der Waals surface area contributed by atoms with Gasteiger partial charge in [-0.25, -0.2) is 4.98 Å². The molecule has 2 rings (SSSR count). The lowest BCUT2D eigenvalue weighted by Gasteiger charge is -1.84. The minimum absolute atomic E-state index is 0.474. The Bertz CT molecular complexity index is 377. The minimum atomic E-state index is 0.474. The molecule has 0 aliphatic heterocycles. The third kappa shape index (κ3) is 1.16. The first kappa shape index (κ1) is 7.24. The van der Waals surface area contributed by atoms with E-state index in [4.69, 9.17) is 4.42 Å². The van der Waals surface area contributed by atoms with Crippen LogP contribution >= 0.6 is 11.3 Å². The molecule has 2 heterocycles. The molecule has 0 aromatic carbocycles. The molecular formula is C8H5NO2S. The molecule has 2 aromatic rings. The fourth-order valence-electron chi connectivity index (χ4n) is 0.879. The van der Waals surface area contributed by atoms with E-state index in [2.05, 4.69) is 4.98 Å². The van der Waals surface area contributed by atoms with Crippen molar-refractivity contribution >= 4 is 17.6 Å². The van der Waals surface area contributed by atoms with Crippen LogP contribution in [0.3, 0.4) is 0 Å². The van der Waals surface area contributed by atoms with E-state index in [1.54, 1.807) is 17.7 Å². The van der Waals surface area contributed by atoms with Crippen LogP contribution in [0.15, 0.2) is 28.2 Å². The summed E-state index contributed by atoms with van der Waals surface area (Å²) in [4.78, 5) is 14.3. The summed E-state index contributed by atoms with van der Waals surface area (Å²) < 4.78 is 5.11. The predicted octanol–water partition coefficient (Wildman–Crippen LogP) is 2.22. The number of rotatable bonds is 2. The summed E-state index contributed by atoms with van der Waals surface area (Å²) in [5.74, 6) is 0.694. The smallest absolute Gasteiger partial charge is 0.178 e. The summed E-state index contributed by atoms with van der Waals surface area (Å²) in [6.07, 6.45) is 2.31. The number of furan rings is 1. The zero-order valence-electron chi connectivity index (χ0n) is 6.06. The van der Waals surface area contributed by atoms with Gasteiger partial charge in [0.25, 0.3) is 0 Å². The van der Waals surface area contributed by atoms with E-state index in [1.165, 1.54) is 11.3 Å². The molecular weight excluding hydrogens is 174 g/mol. The van der Waals surface area contributed by atoms with Gasteiger partial charge in [0, 0.05) is 5.38 Å². The van der Waals surface area contributed by atoms with E-state index in [9.17, 15) is 4.79 Å². The highest BCUT2D eigenvalue weighted by molar-refractivity contribution is 7.11. The largest absolute Gasteiger partial charge is 0.463 e. The van der Waals surface area contributed by atoms with Gasteiger partial charge in [-0.2, -0.15) is 0 Å². The van der Waals surface area contributed by atoms with Crippen molar-refractivity contribution in [1.82, 2.24) is 4.98 Å². The third-order valence-electron chi connectivity index (χ3n) is 1.40. The highest BCUT2D eigenvalue weighted by Gasteiger charge is 2.04. The Morgan fingerprint density at radius 3 is 3.08 bits per heavy atom. The molecule has 3 nitrogen and oxygen atoms in total. The van der Waals surface area contributed by atoms with Crippen molar-refractivity contribution in [3.8, 4) is 11.5 Å². The number of aromatic nitrogens is 1. The van der Waals surface area contributed by atoms with Gasteiger partial charge in [-0.05, 0) is 12.1 Å². The first-order chi connectivity index (χ1) is 5.90. The second-order valence-corrected chi connectivity index (χ2v) is 3.06. The first-order valence-electron chi connectivity index (χ1n) is 3.35. The van der Waals surface area contributed by atoms with E-state index >= 15 is 0 Å². The fourth-order valence-corrected chi connectivity index (χ4v) is 1.49. The Morgan fingerprint density at radius 2 is 2.50 bits per heavy atom. The van der Waals surface area contributed by atoms with Crippen molar-refractivity contribution in [3.05, 3.63) is 28.8 Å². The lowest BCUT2D eigenvalue weighted by Crippen LogP contribution is -1.76. The number of carbonyl (C=O) groups excluding carboxylic acids is 1. The Hall–Kier alpha value is -1.42. The lowest BCUT2D eigenvalue weighted by molar-refractivity contribution is 0.112. The van der Waals surface area contributed by atoms with Crippen molar-refractivity contribution in [3.63, 3.8) is 0 Å². The molecule has 0 aliphatic carbocycles. The quantitative estimate of drug-likeness (QED) is 0.664. The summed E-state index contributed by atoms with van der Waals surface area (Å²) in [7, 11) is 0. The molecule has 0 spiro atoms. The van der Waals surface area contributed by atoms with E-state index < -0.39 is 0 Å². The molecule has 0 saturated heterocycles. The summed E-state index contributed by atoms with van der Waals surface area (Å²) >= 11 is 1.31. The van der Waals surface area contributed by atoms with Crippen LogP contribution in [0.2, 0.25) is 0 Å². The number of aldehydes is 1. The third-order valence-corrected chi connectivity index (χ3v) is 2.17. The molecule has 0 N–H and O–H groups in total. The molecule has 0 bridgehead atoms. The average molecular weight is 179 g/mol. The van der Waals surface area contributed by atoms with Crippen molar-refractivity contribution in [1.29, 1.82) is 0 Å². The van der Waals surface area contributed by atoms with E-state index in [0.29, 0.717) is 16.5 Å². The van der Waals surface area contributed by atoms with Gasteiger partial charge in [-0.15, -0.1) is 11.3 Å². The van der Waals surface area contributed by atoms with Crippen molar-refractivity contribution in [2.45, 2.75) is 0 Å². The zero-order valence-corrected chi connectivity index (χ0v) is 6.88. The zero-order chi connectivity index (χ0) is 8.39. The van der Waals surface area contributed by atoms with Gasteiger partial charge in [0.15, 0.2) is 17.1 Å². The molecule has 0 radical (unpaired) electrons. The highest BCUT2D eigenvalue weighted by Crippen LogP contribution is 2.20. The first-order valence-corrected chi connectivity index (χ1v) is 4.22. The lowest BCUT2D eigenvalue weighted by atomic mass is 10.4. The van der Waals surface area contributed by atoms with Gasteiger partial charge >= 0.3 is 0 Å². The maximum atomic E-state index is 10.3. The van der Waals surface area contributed by atoms with Gasteiger partial charge in [0.1, 0.15) is 5.69 Å². The van der Waals surface area contributed by atoms with Crippen LogP contribution in [-0.2, 0) is 0 Å². The topological polar surface area (TPSA) is 43.1 Å². The number of carbonyl (C=O) groups is 1. The van der Waals surface area contributed by atoms with Crippen LogP contribution < -0.4 is 0 Å². The van der Waals surface area contributed by atoms with Crippen molar-refractivity contribution < 1.29 is 9.21 Å². The SMILES string of the molecule is O=Cc1nc(-c2ccco2)cs1. The number of hydrogen-bond acceptors (Lipinski definition) is 4. The van der Waals surface area contributed by atoms with Gasteiger partial charge in [-0.3, -0.25) is 4.79 Å². The molecule has 0 saturated carbocycles. The van der Waals surface area contributed by atoms with Gasteiger partial charge < -0.3 is 4.42 Å². The second kappa shape index (κ2) is 2.91. The van der Waals surface area contributed by atoms with Crippen molar-refractivity contribution in [2.75, 3.05) is 0 Å². The minimum Gasteiger partial charge on any atom is -0.463 e. The summed E-state index contributed by atoms with van der Waals surface area (Å²) in [5, 5.41) is 2.27. The summed E-state index contributed by atoms with van der Waals surface area (Å²) in [5.41, 5.74) is 0.715. The summed E-state index contributed by atoms with van der Waals surface area (Å²) in [6.45, 7) is 0. The number of hydrogen-bond donors (Lipinski definition) is 0. The highest BCUT2D eigenvalue weighted by atomic mass is 32.1. The van der Waals surface area contributed by atoms with Crippen LogP contribution in [0, 0.1) is 0 Å². The van der Waals surface area contributed by atoms with Crippen LogP contribution in [0.4, 0.5) is 0 Å². The molecule has 0 aliphatic rings. The summed E-state index contributed by atoms with van der Waals surface area (Å²) in [6, 6.07) is 3.60. The van der Waals surface area contributed by atoms with E-state index in [-0.39, 0.29) is 0 Å². The van der Waals surface area contributed by atoms with Crippen molar-refractivity contribution in [2.24, 2.45) is 0 Å². The van der Waals surface area contributed by atoms with Crippen LogP contribution in [-0.4, -0.2) is 11.3 Å². The maximum Gasteiger partial charge on any atom is 0.178 e. The van der Waals surface area contributed by atoms with Gasteiger partial charge in [0.05, 0.1) is 6.26 Å². The Morgan fingerprint density at radius 1 is 1.58 bits per heavy atom. The number of nitrogens with zero attached hydrogens (tertiary/aromatic N) is 1. The standard InChI is InChI=1S/C8H5NO2S/c10-4-8-9-6(5-12-8)7-2-1-3-11-7/h1-5H. The molecule has 2 aromatic heterocycles. The van der Waals surface area contributed by atoms with Gasteiger partial charge in [-0.1, -0.05) is 0 Å². The molecule has 4 heteroatoms. The molecule has 0 amide bonds. The van der Waals surface area contributed by atoms with Crippen LogP contribution in [0.25, 0.3) is 11.5 Å². The Balaban J connectivity index is 2.41. The van der Waals surface area contributed by atoms with Crippen LogP contribution in [0.5, 0.6) is 0 Å². The molecule has 12 heavy (non-hydrogen) atoms. The second-order valence-electron chi connectivity index (χ2n) is 2.17. The Labute approximate surface area is 72.7 Å². The monoisotopic (exact) mass is 179 g/mol. The Kier molecular flexibility index (Phi) is 1.75. The normalized spacial score (nSPS) is 10.0. The van der Waals surface area contributed by atoms with Gasteiger partial charge in [0.2, 0.25) is 0 Å². The predicted molar refractivity (Wildman–Crippen MR) is 45.2 cm³/mol. The molecule has 0 unspecified atom stereocenters. The van der Waals surface area contributed by atoms with Crippen LogP contribution in [0.1, 0.15) is 9.80 Å².